The van der Waals surface area contributed by atoms with E-state index in [1.165, 1.54) is 12.1 Å². The van der Waals surface area contributed by atoms with Crippen molar-refractivity contribution in [3.63, 3.8) is 0 Å². The van der Waals surface area contributed by atoms with Gasteiger partial charge in [-0.15, -0.1) is 0 Å². The van der Waals surface area contributed by atoms with Gasteiger partial charge in [0.1, 0.15) is 18.4 Å². The Bertz CT molecular complexity index is 809. The summed E-state index contributed by atoms with van der Waals surface area (Å²) < 4.78 is 15.9. The van der Waals surface area contributed by atoms with E-state index in [0.29, 0.717) is 25.6 Å². The normalized spacial score (nSPS) is 18.8. The van der Waals surface area contributed by atoms with Crippen molar-refractivity contribution < 1.29 is 38.5 Å². The van der Waals surface area contributed by atoms with Crippen molar-refractivity contribution in [1.82, 2.24) is 10.2 Å². The fourth-order valence-electron chi connectivity index (χ4n) is 3.14. The van der Waals surface area contributed by atoms with Crippen LogP contribution in [0.5, 0.6) is 5.75 Å². The number of rotatable bonds is 10. The molecule has 0 radical (unpaired) electrons. The van der Waals surface area contributed by atoms with Gasteiger partial charge in [-0.25, -0.2) is 0 Å². The Morgan fingerprint density at radius 1 is 0.966 bits per heavy atom. The van der Waals surface area contributed by atoms with Gasteiger partial charge in [0.05, 0.1) is 44.2 Å². The summed E-state index contributed by atoms with van der Waals surface area (Å²) >= 11 is 0. The van der Waals surface area contributed by atoms with Gasteiger partial charge in [0, 0.05) is 6.42 Å². The zero-order valence-electron chi connectivity index (χ0n) is 15.7. The fourth-order valence-corrected chi connectivity index (χ4v) is 3.14. The molecule has 4 amide bonds. The summed E-state index contributed by atoms with van der Waals surface area (Å²) in [6.45, 7) is 1.49. The first-order valence-corrected chi connectivity index (χ1v) is 9.27. The van der Waals surface area contributed by atoms with Crippen molar-refractivity contribution in [3.05, 3.63) is 29.3 Å². The van der Waals surface area contributed by atoms with Crippen LogP contribution in [0.1, 0.15) is 33.6 Å². The van der Waals surface area contributed by atoms with E-state index in [-0.39, 0.29) is 43.8 Å². The van der Waals surface area contributed by atoms with E-state index >= 15 is 0 Å². The minimum absolute atomic E-state index is 0.0381. The van der Waals surface area contributed by atoms with Gasteiger partial charge >= 0.3 is 0 Å². The van der Waals surface area contributed by atoms with Crippen LogP contribution < -0.4 is 10.1 Å². The Hall–Kier alpha value is -2.82. The second kappa shape index (κ2) is 9.59. The van der Waals surface area contributed by atoms with Crippen molar-refractivity contribution in [1.29, 1.82) is 0 Å². The number of ether oxygens (including phenoxy) is 3. The molecule has 0 saturated carbocycles. The topological polar surface area (TPSA) is 131 Å². The number of piperidine rings is 1. The Balaban J connectivity index is 1.55. The highest BCUT2D eigenvalue weighted by Crippen LogP contribution is 2.30. The van der Waals surface area contributed by atoms with Crippen LogP contribution in [0.4, 0.5) is 0 Å². The molecule has 3 rings (SSSR count). The van der Waals surface area contributed by atoms with Gasteiger partial charge in [-0.3, -0.25) is 29.4 Å². The number of fused-ring (bicyclic) bond motifs is 1. The van der Waals surface area contributed by atoms with E-state index < -0.39 is 29.7 Å². The predicted molar refractivity (Wildman–Crippen MR) is 97.3 cm³/mol. The number of hydrogen-bond donors (Lipinski definition) is 2. The van der Waals surface area contributed by atoms with Crippen molar-refractivity contribution in [3.8, 4) is 5.75 Å². The molecule has 1 aromatic carbocycles. The molecule has 2 heterocycles. The van der Waals surface area contributed by atoms with Crippen molar-refractivity contribution in [2.24, 2.45) is 0 Å². The largest absolute Gasteiger partial charge is 0.491 e. The van der Waals surface area contributed by atoms with Crippen LogP contribution in [-0.2, 0) is 19.1 Å². The molecule has 0 aromatic heterocycles. The maximum atomic E-state index is 12.7. The molecular weight excluding hydrogens is 384 g/mol. The van der Waals surface area contributed by atoms with Crippen molar-refractivity contribution in [2.75, 3.05) is 39.6 Å². The number of amides is 4. The molecule has 1 saturated heterocycles. The van der Waals surface area contributed by atoms with Crippen LogP contribution in [0.3, 0.4) is 0 Å². The number of nitrogens with zero attached hydrogens (tertiary/aromatic N) is 1. The number of carbonyl (C=O) groups excluding carboxylic acids is 4. The number of carbonyl (C=O) groups is 4. The molecule has 1 aromatic rings. The standard InChI is InChI=1S/C19H22N2O8/c22-5-6-27-7-8-28-9-10-29-12-1-2-13-14(11-12)19(26)21(18(13)25)15-3-4-16(23)20-17(15)24/h1-2,11,15,22H,3-10H2,(H,20,23,24). The number of hydrogen-bond acceptors (Lipinski definition) is 8. The zero-order valence-corrected chi connectivity index (χ0v) is 15.7. The Morgan fingerprint density at radius 2 is 1.66 bits per heavy atom. The maximum absolute atomic E-state index is 12.7. The van der Waals surface area contributed by atoms with Crippen LogP contribution in [0.2, 0.25) is 0 Å². The van der Waals surface area contributed by atoms with Crippen molar-refractivity contribution >= 4 is 23.6 Å². The molecule has 1 atom stereocenters. The summed E-state index contributed by atoms with van der Waals surface area (Å²) in [4.78, 5) is 49.6. The second-order valence-corrected chi connectivity index (χ2v) is 6.45. The third-order valence-corrected chi connectivity index (χ3v) is 4.52. The molecule has 2 aliphatic rings. The predicted octanol–water partition coefficient (Wildman–Crippen LogP) is -0.508. The van der Waals surface area contributed by atoms with E-state index in [9.17, 15) is 19.2 Å². The smallest absolute Gasteiger partial charge is 0.262 e. The van der Waals surface area contributed by atoms with Gasteiger partial charge in [0.2, 0.25) is 11.8 Å². The van der Waals surface area contributed by atoms with Crippen LogP contribution in [0.25, 0.3) is 0 Å². The van der Waals surface area contributed by atoms with Gasteiger partial charge in [0.15, 0.2) is 0 Å². The highest BCUT2D eigenvalue weighted by molar-refractivity contribution is 6.23. The first-order chi connectivity index (χ1) is 14.0. The summed E-state index contributed by atoms with van der Waals surface area (Å²) in [5.74, 6) is -1.80. The van der Waals surface area contributed by atoms with Crippen LogP contribution >= 0.6 is 0 Å². The summed E-state index contributed by atoms with van der Waals surface area (Å²) in [7, 11) is 0. The molecule has 1 fully saturated rings. The van der Waals surface area contributed by atoms with Crippen LogP contribution in [-0.4, -0.2) is 79.3 Å². The molecule has 10 heteroatoms. The summed E-state index contributed by atoms with van der Waals surface area (Å²) in [6.07, 6.45) is 0.183. The molecule has 10 nitrogen and oxygen atoms in total. The highest BCUT2D eigenvalue weighted by atomic mass is 16.5. The Morgan fingerprint density at radius 3 is 2.38 bits per heavy atom. The molecule has 1 unspecified atom stereocenters. The van der Waals surface area contributed by atoms with Gasteiger partial charge in [-0.2, -0.15) is 0 Å². The summed E-state index contributed by atoms with van der Waals surface area (Å²) in [5.41, 5.74) is 0.361. The highest BCUT2D eigenvalue weighted by Gasteiger charge is 2.44. The third kappa shape index (κ3) is 4.78. The van der Waals surface area contributed by atoms with E-state index in [2.05, 4.69) is 5.32 Å². The number of aliphatic hydroxyl groups is 1. The second-order valence-electron chi connectivity index (χ2n) is 6.45. The lowest BCUT2D eigenvalue weighted by molar-refractivity contribution is -0.136. The Kier molecular flexibility index (Phi) is 6.91. The molecule has 0 spiro atoms. The minimum atomic E-state index is -0.995. The molecule has 0 bridgehead atoms. The van der Waals surface area contributed by atoms with Crippen LogP contribution in [0.15, 0.2) is 18.2 Å². The summed E-state index contributed by atoms with van der Waals surface area (Å²) in [6, 6.07) is 3.53. The first kappa shape index (κ1) is 20.9. The number of nitrogens with one attached hydrogen (secondary N) is 1. The van der Waals surface area contributed by atoms with E-state index in [4.69, 9.17) is 19.3 Å². The number of aliphatic hydroxyl groups excluding tert-OH is 1. The van der Waals surface area contributed by atoms with Gasteiger partial charge in [-0.1, -0.05) is 0 Å². The van der Waals surface area contributed by atoms with E-state index in [1.807, 2.05) is 0 Å². The molecule has 2 aliphatic heterocycles. The molecular formula is C19H22N2O8. The van der Waals surface area contributed by atoms with E-state index in [1.54, 1.807) is 6.07 Å². The monoisotopic (exact) mass is 406 g/mol. The lowest BCUT2D eigenvalue weighted by atomic mass is 10.0. The van der Waals surface area contributed by atoms with Crippen LogP contribution in [0, 0.1) is 0 Å². The molecule has 2 N–H and O–H groups in total. The minimum Gasteiger partial charge on any atom is -0.491 e. The average Bonchev–Trinajstić information content (AvgIpc) is 2.94. The molecule has 29 heavy (non-hydrogen) atoms. The van der Waals surface area contributed by atoms with Gasteiger partial charge in [0.25, 0.3) is 11.8 Å². The van der Waals surface area contributed by atoms with E-state index in [0.717, 1.165) is 4.90 Å². The fraction of sp³-hybridized carbons (Fsp3) is 0.474. The lowest BCUT2D eigenvalue weighted by Crippen LogP contribution is -2.54. The van der Waals surface area contributed by atoms with Gasteiger partial charge in [-0.05, 0) is 24.6 Å². The van der Waals surface area contributed by atoms with Gasteiger partial charge < -0.3 is 19.3 Å². The molecule has 0 aliphatic carbocycles. The molecule has 156 valence electrons. The third-order valence-electron chi connectivity index (χ3n) is 4.52. The Labute approximate surface area is 166 Å². The average molecular weight is 406 g/mol. The lowest BCUT2D eigenvalue weighted by Gasteiger charge is -2.27. The SMILES string of the molecule is O=C1CCC(N2C(=O)c3ccc(OCCOCCOCCO)cc3C2=O)C(=O)N1. The summed E-state index contributed by atoms with van der Waals surface area (Å²) in [5, 5.41) is 10.7. The quantitative estimate of drug-likeness (QED) is 0.392. The maximum Gasteiger partial charge on any atom is 0.262 e. The van der Waals surface area contributed by atoms with Crippen molar-refractivity contribution in [2.45, 2.75) is 18.9 Å². The number of imide groups is 2. The number of benzene rings is 1. The zero-order chi connectivity index (χ0) is 20.8. The first-order valence-electron chi connectivity index (χ1n) is 9.27.